The standard InChI is InChI=1S/C57H37N5/c1-4-16-38(17-5-1)41-28-30-42(31-29-41)55-58-56(60-57(59-55)62-50-25-13-10-22-45(50)46-23-11-14-26-51(46)62)49-24-12-15-27-52(49)61-53-36-43(39-18-6-2-7-19-39)32-34-47(53)48-35-33-44(37-54(48)61)40-20-8-3-9-21-40/h1-37H/i1D,2D,3D,4D,5D,6D,7D,8D,9D,10D,11D,12D,13D,14D,15D,16D,17D,18D,19D,20D,21D,22D,23D,24D,25D,26D,27D,28D,29D,30D,31D,32D,33D,34D,35D,36D,37D. The van der Waals surface area contributed by atoms with Gasteiger partial charge in [-0.1, -0.05) is 187 Å². The molecular formula is C57H37N5. The van der Waals surface area contributed by atoms with Crippen LogP contribution in [0.5, 0.6) is 0 Å². The van der Waals surface area contributed by atoms with Gasteiger partial charge in [0.1, 0.15) is 0 Å². The van der Waals surface area contributed by atoms with Crippen LogP contribution in [0.4, 0.5) is 0 Å². The molecular weight excluding hydrogens is 755 g/mol. The zero-order chi connectivity index (χ0) is 73.2. The number of hydrogen-bond acceptors (Lipinski definition) is 3. The first-order chi connectivity index (χ1) is 46.1. The molecule has 12 aromatic rings. The Bertz CT molecular complexity index is 5500. The van der Waals surface area contributed by atoms with Gasteiger partial charge in [0.25, 0.3) is 0 Å². The Labute approximate surface area is 410 Å². The van der Waals surface area contributed by atoms with E-state index < -0.39 is 335 Å². The van der Waals surface area contributed by atoms with Gasteiger partial charge < -0.3 is 4.57 Å². The van der Waals surface area contributed by atoms with Crippen LogP contribution >= 0.6 is 0 Å². The molecule has 0 bridgehead atoms. The SMILES string of the molecule is [2H]c1c([2H])c([2H])c(-c2c([2H])c([2H])c(-c3nc(-c4c([2H])c([2H])c([2H])c([2H])c4-n4c5c([2H])c(-c6c([2H])c([2H])c([2H])c([2H])c6[2H])c([2H])c([2H])c5c5c([2H])c([2H])c(-c6c([2H])c([2H])c([2H])c([2H])c6[2H])c([2H])c54)nc(-n4c5c([2H])c([2H])c([2H])c([2H])c5c5c([2H])c([2H])c([2H])c([2H])c54)n3)c([2H])c2[2H])c([2H])c1[2H]. The molecule has 62 heavy (non-hydrogen) atoms. The van der Waals surface area contributed by atoms with Crippen molar-refractivity contribution in [3.63, 3.8) is 0 Å². The van der Waals surface area contributed by atoms with Crippen LogP contribution in [0, 0.1) is 0 Å². The molecule has 290 valence electrons. The quantitative estimate of drug-likeness (QED) is 0.161. The van der Waals surface area contributed by atoms with E-state index in [0.717, 1.165) is 0 Å². The second-order valence-electron chi connectivity index (χ2n) is 12.8. The van der Waals surface area contributed by atoms with E-state index in [1.54, 1.807) is 0 Å². The van der Waals surface area contributed by atoms with Crippen molar-refractivity contribution < 1.29 is 50.7 Å². The zero-order valence-corrected chi connectivity index (χ0v) is 30.7. The zero-order valence-electron chi connectivity index (χ0n) is 67.7. The number of hydrogen-bond donors (Lipinski definition) is 0. The number of benzene rings is 9. The van der Waals surface area contributed by atoms with Gasteiger partial charge in [-0.2, -0.15) is 9.97 Å². The second kappa shape index (κ2) is 14.7. The fourth-order valence-electron chi connectivity index (χ4n) is 6.69. The van der Waals surface area contributed by atoms with Crippen molar-refractivity contribution >= 4 is 43.6 Å². The number of para-hydroxylation sites is 3. The Morgan fingerprint density at radius 1 is 0.290 bits per heavy atom. The Morgan fingerprint density at radius 3 is 1.26 bits per heavy atom. The van der Waals surface area contributed by atoms with E-state index in [-0.39, 0.29) is 0 Å². The summed E-state index contributed by atoms with van der Waals surface area (Å²) in [6, 6.07) is -39.4. The predicted molar refractivity (Wildman–Crippen MR) is 256 cm³/mol. The van der Waals surface area contributed by atoms with Gasteiger partial charge in [0, 0.05) is 32.7 Å². The van der Waals surface area contributed by atoms with Crippen LogP contribution < -0.4 is 0 Å². The molecule has 0 amide bonds. The molecule has 9 aromatic carbocycles. The summed E-state index contributed by atoms with van der Waals surface area (Å²) in [5.41, 5.74) is -12.2. The summed E-state index contributed by atoms with van der Waals surface area (Å²) < 4.78 is 337. The van der Waals surface area contributed by atoms with Crippen molar-refractivity contribution in [2.75, 3.05) is 0 Å². The molecule has 0 saturated carbocycles. The summed E-state index contributed by atoms with van der Waals surface area (Å²) in [6.07, 6.45) is 0. The van der Waals surface area contributed by atoms with Crippen LogP contribution in [-0.4, -0.2) is 24.1 Å². The van der Waals surface area contributed by atoms with Crippen molar-refractivity contribution in [1.29, 1.82) is 0 Å². The molecule has 0 N–H and O–H groups in total. The molecule has 0 aliphatic carbocycles. The highest BCUT2D eigenvalue weighted by atomic mass is 15.2. The van der Waals surface area contributed by atoms with Gasteiger partial charge >= 0.3 is 0 Å². The van der Waals surface area contributed by atoms with Crippen LogP contribution in [0.1, 0.15) is 50.7 Å². The first-order valence-electron chi connectivity index (χ1n) is 36.4. The summed E-state index contributed by atoms with van der Waals surface area (Å²) in [5, 5.41) is -2.88. The molecule has 3 heterocycles. The third-order valence-electron chi connectivity index (χ3n) is 9.35. The average Bonchev–Trinajstić information content (AvgIpc) is 1.54. The molecule has 0 fully saturated rings. The van der Waals surface area contributed by atoms with Crippen molar-refractivity contribution in [2.45, 2.75) is 0 Å². The van der Waals surface area contributed by atoms with Gasteiger partial charge in [-0.25, -0.2) is 4.98 Å². The minimum Gasteiger partial charge on any atom is -0.308 e. The Hall–Kier alpha value is -8.41. The molecule has 5 nitrogen and oxygen atoms in total. The summed E-state index contributed by atoms with van der Waals surface area (Å²) in [7, 11) is 0. The lowest BCUT2D eigenvalue weighted by atomic mass is 10.0. The van der Waals surface area contributed by atoms with Gasteiger partial charge in [-0.3, -0.25) is 4.57 Å². The van der Waals surface area contributed by atoms with Gasteiger partial charge in [0.05, 0.1) is 78.5 Å². The molecule has 5 heteroatoms. The number of fused-ring (bicyclic) bond motifs is 6. The monoisotopic (exact) mass is 829 g/mol. The van der Waals surface area contributed by atoms with E-state index in [4.69, 9.17) is 28.8 Å². The van der Waals surface area contributed by atoms with Crippen molar-refractivity contribution in [2.24, 2.45) is 0 Å². The first-order valence-corrected chi connectivity index (χ1v) is 17.9. The van der Waals surface area contributed by atoms with Crippen LogP contribution in [-0.2, 0) is 0 Å². The Morgan fingerprint density at radius 2 is 0.694 bits per heavy atom. The maximum absolute atomic E-state index is 10.1. The highest BCUT2D eigenvalue weighted by molar-refractivity contribution is 6.12. The maximum atomic E-state index is 10.1. The molecule has 0 radical (unpaired) electrons. The summed E-state index contributed by atoms with van der Waals surface area (Å²) in [4.78, 5) is 13.6. The normalized spacial score (nSPS) is 19.9. The average molecular weight is 829 g/mol. The van der Waals surface area contributed by atoms with Crippen molar-refractivity contribution in [1.82, 2.24) is 24.1 Å². The maximum Gasteiger partial charge on any atom is 0.238 e. The fraction of sp³-hybridized carbons (Fsp3) is 0. The Balaban J connectivity index is 1.37. The van der Waals surface area contributed by atoms with Gasteiger partial charge in [-0.15, -0.1) is 0 Å². The van der Waals surface area contributed by atoms with Gasteiger partial charge in [-0.05, 0) is 69.6 Å². The first kappa shape index (κ1) is 14.4. The molecule has 0 aliphatic rings. The van der Waals surface area contributed by atoms with E-state index >= 15 is 0 Å². The molecule has 0 spiro atoms. The number of nitrogens with zero attached hydrogens (tertiary/aromatic N) is 5. The third-order valence-corrected chi connectivity index (χ3v) is 9.35. The van der Waals surface area contributed by atoms with Crippen LogP contribution in [0.25, 0.3) is 111 Å². The smallest absolute Gasteiger partial charge is 0.238 e. The molecule has 0 unspecified atom stereocenters. The lowest BCUT2D eigenvalue weighted by molar-refractivity contribution is 0.951. The van der Waals surface area contributed by atoms with Crippen molar-refractivity contribution in [3.05, 3.63) is 224 Å². The molecule has 0 saturated heterocycles. The van der Waals surface area contributed by atoms with Gasteiger partial charge in [0.15, 0.2) is 11.6 Å². The molecule has 0 atom stereocenters. The second-order valence-corrected chi connectivity index (χ2v) is 12.8. The molecule has 3 aromatic heterocycles. The third kappa shape index (κ3) is 5.98. The van der Waals surface area contributed by atoms with E-state index in [1.807, 2.05) is 0 Å². The van der Waals surface area contributed by atoms with Crippen molar-refractivity contribution in [3.8, 4) is 67.8 Å². The van der Waals surface area contributed by atoms with Crippen LogP contribution in [0.15, 0.2) is 224 Å². The lowest BCUT2D eigenvalue weighted by Crippen LogP contribution is -2.07. The summed E-state index contributed by atoms with van der Waals surface area (Å²) in [5.74, 6) is -3.44. The minimum atomic E-state index is -1.30. The summed E-state index contributed by atoms with van der Waals surface area (Å²) in [6.45, 7) is 0. The van der Waals surface area contributed by atoms with Crippen LogP contribution in [0.3, 0.4) is 0 Å². The van der Waals surface area contributed by atoms with E-state index in [0.29, 0.717) is 9.13 Å². The minimum absolute atomic E-state index is 0.552. The van der Waals surface area contributed by atoms with Crippen LogP contribution in [0.2, 0.25) is 0 Å². The highest BCUT2D eigenvalue weighted by Crippen LogP contribution is 2.40. The fourth-order valence-corrected chi connectivity index (χ4v) is 6.69. The summed E-state index contributed by atoms with van der Waals surface area (Å²) >= 11 is 0. The molecule has 12 rings (SSSR count). The van der Waals surface area contributed by atoms with E-state index in [9.17, 15) is 21.9 Å². The molecule has 0 aliphatic heterocycles. The van der Waals surface area contributed by atoms with E-state index in [2.05, 4.69) is 15.0 Å². The Kier molecular flexibility index (Phi) is 3.40. The largest absolute Gasteiger partial charge is 0.308 e. The predicted octanol–water partition coefficient (Wildman–Crippen LogP) is 14.4. The van der Waals surface area contributed by atoms with Gasteiger partial charge in [0.2, 0.25) is 5.95 Å². The highest BCUT2D eigenvalue weighted by Gasteiger charge is 2.22. The topological polar surface area (TPSA) is 48.5 Å². The number of rotatable bonds is 7. The number of aromatic nitrogens is 5. The lowest BCUT2D eigenvalue weighted by Gasteiger charge is -2.16. The van der Waals surface area contributed by atoms with E-state index in [1.165, 1.54) is 0 Å².